The molecule has 3 rings (SSSR count). The summed E-state index contributed by atoms with van der Waals surface area (Å²) in [6.07, 6.45) is 1.65. The third-order valence-corrected chi connectivity index (χ3v) is 3.95. The number of H-pyrrole nitrogens is 1. The molecule has 0 radical (unpaired) electrons. The number of nitrogens with one attached hydrogen (secondary N) is 1. The highest BCUT2D eigenvalue weighted by Gasteiger charge is 2.07. The van der Waals surface area contributed by atoms with Crippen LogP contribution in [0.4, 0.5) is 0 Å². The highest BCUT2D eigenvalue weighted by Crippen LogP contribution is 2.22. The molecule has 2 aromatic carbocycles. The summed E-state index contributed by atoms with van der Waals surface area (Å²) < 4.78 is 1.97. The van der Waals surface area contributed by atoms with Crippen LogP contribution < -0.4 is 0 Å². The van der Waals surface area contributed by atoms with Crippen LogP contribution in [0.15, 0.2) is 53.6 Å². The van der Waals surface area contributed by atoms with Crippen LogP contribution in [0.5, 0.6) is 0 Å². The molecular formula is C15H10Cl2N4S. The smallest absolute Gasteiger partial charge is 0.216 e. The van der Waals surface area contributed by atoms with E-state index in [4.69, 9.17) is 35.4 Å². The fraction of sp³-hybridized carbons (Fsp3) is 0. The van der Waals surface area contributed by atoms with Gasteiger partial charge in [-0.05, 0) is 29.9 Å². The molecule has 0 saturated carbocycles. The van der Waals surface area contributed by atoms with Gasteiger partial charge in [-0.15, -0.1) is 0 Å². The van der Waals surface area contributed by atoms with Gasteiger partial charge in [0.15, 0.2) is 5.82 Å². The Morgan fingerprint density at radius 1 is 1.09 bits per heavy atom. The number of hydrogen-bond acceptors (Lipinski definition) is 3. The van der Waals surface area contributed by atoms with Gasteiger partial charge in [0.2, 0.25) is 4.77 Å². The van der Waals surface area contributed by atoms with Crippen LogP contribution in [-0.4, -0.2) is 21.1 Å². The van der Waals surface area contributed by atoms with Gasteiger partial charge in [0, 0.05) is 5.56 Å². The second-order valence-electron chi connectivity index (χ2n) is 4.45. The van der Waals surface area contributed by atoms with Crippen molar-refractivity contribution in [3.05, 3.63) is 68.9 Å². The highest BCUT2D eigenvalue weighted by molar-refractivity contribution is 7.71. The molecule has 1 aromatic heterocycles. The molecule has 0 unspecified atom stereocenters. The average molecular weight is 349 g/mol. The first kappa shape index (κ1) is 15.0. The van der Waals surface area contributed by atoms with E-state index in [0.717, 1.165) is 11.1 Å². The van der Waals surface area contributed by atoms with Crippen molar-refractivity contribution in [2.24, 2.45) is 5.10 Å². The lowest BCUT2D eigenvalue weighted by atomic mass is 10.2. The minimum absolute atomic E-state index is 0.412. The minimum Gasteiger partial charge on any atom is -0.250 e. The summed E-state index contributed by atoms with van der Waals surface area (Å²) in [5, 5.41) is 12.3. The van der Waals surface area contributed by atoms with E-state index in [1.54, 1.807) is 23.0 Å². The zero-order valence-corrected chi connectivity index (χ0v) is 13.5. The second-order valence-corrected chi connectivity index (χ2v) is 5.65. The third kappa shape index (κ3) is 3.11. The molecule has 0 aliphatic carbocycles. The van der Waals surface area contributed by atoms with Crippen molar-refractivity contribution in [2.75, 3.05) is 0 Å². The van der Waals surface area contributed by atoms with Gasteiger partial charge in [0.1, 0.15) is 0 Å². The van der Waals surface area contributed by atoms with Crippen molar-refractivity contribution in [1.29, 1.82) is 0 Å². The lowest BCUT2D eigenvalue weighted by Crippen LogP contribution is -1.95. The van der Waals surface area contributed by atoms with Gasteiger partial charge in [-0.2, -0.15) is 14.9 Å². The van der Waals surface area contributed by atoms with E-state index in [9.17, 15) is 0 Å². The van der Waals surface area contributed by atoms with E-state index in [-0.39, 0.29) is 0 Å². The fourth-order valence-electron chi connectivity index (χ4n) is 1.89. The number of hydrogen-bond donors (Lipinski definition) is 1. The molecule has 0 spiro atoms. The molecule has 0 fully saturated rings. The Balaban J connectivity index is 1.99. The lowest BCUT2D eigenvalue weighted by molar-refractivity contribution is 0.871. The van der Waals surface area contributed by atoms with Crippen LogP contribution in [0.25, 0.3) is 11.4 Å². The highest BCUT2D eigenvalue weighted by atomic mass is 35.5. The maximum Gasteiger partial charge on any atom is 0.216 e. The summed E-state index contributed by atoms with van der Waals surface area (Å²) in [6, 6.07) is 15.0. The van der Waals surface area contributed by atoms with Gasteiger partial charge < -0.3 is 0 Å². The molecule has 7 heteroatoms. The Morgan fingerprint density at radius 2 is 1.86 bits per heavy atom. The quantitative estimate of drug-likeness (QED) is 0.545. The maximum atomic E-state index is 5.99. The van der Waals surface area contributed by atoms with Gasteiger partial charge in [-0.3, -0.25) is 0 Å². The molecule has 1 heterocycles. The van der Waals surface area contributed by atoms with Crippen molar-refractivity contribution in [1.82, 2.24) is 14.9 Å². The Labute approximate surface area is 142 Å². The van der Waals surface area contributed by atoms with Gasteiger partial charge in [0.05, 0.1) is 16.3 Å². The number of halogens is 2. The molecular weight excluding hydrogens is 339 g/mol. The average Bonchev–Trinajstić information content (AvgIpc) is 2.90. The lowest BCUT2D eigenvalue weighted by Gasteiger charge is -2.01. The van der Waals surface area contributed by atoms with Crippen LogP contribution >= 0.6 is 35.4 Å². The number of aromatic amines is 1. The Kier molecular flexibility index (Phi) is 4.38. The van der Waals surface area contributed by atoms with Crippen LogP contribution in [0, 0.1) is 4.77 Å². The molecule has 22 heavy (non-hydrogen) atoms. The number of aromatic nitrogens is 3. The zero-order valence-electron chi connectivity index (χ0n) is 11.2. The van der Waals surface area contributed by atoms with E-state index in [1.807, 2.05) is 36.4 Å². The predicted octanol–water partition coefficient (Wildman–Crippen LogP) is 4.80. The molecule has 4 nitrogen and oxygen atoms in total. The van der Waals surface area contributed by atoms with E-state index >= 15 is 0 Å². The normalized spacial score (nSPS) is 11.2. The van der Waals surface area contributed by atoms with Gasteiger partial charge in [-0.25, -0.2) is 5.10 Å². The molecule has 0 aliphatic rings. The zero-order chi connectivity index (χ0) is 15.5. The van der Waals surface area contributed by atoms with E-state index in [2.05, 4.69) is 15.3 Å². The van der Waals surface area contributed by atoms with Crippen LogP contribution in [0.1, 0.15) is 5.56 Å². The molecule has 0 aliphatic heterocycles. The van der Waals surface area contributed by atoms with Gasteiger partial charge in [-0.1, -0.05) is 59.6 Å². The summed E-state index contributed by atoms with van der Waals surface area (Å²) in [7, 11) is 0. The van der Waals surface area contributed by atoms with Crippen molar-refractivity contribution >= 4 is 41.6 Å². The molecule has 0 saturated heterocycles. The second kappa shape index (κ2) is 6.44. The molecule has 110 valence electrons. The van der Waals surface area contributed by atoms with E-state index in [1.165, 1.54) is 0 Å². The molecule has 0 atom stereocenters. The molecule has 1 N–H and O–H groups in total. The number of rotatable bonds is 3. The van der Waals surface area contributed by atoms with Crippen molar-refractivity contribution in [3.8, 4) is 11.4 Å². The van der Waals surface area contributed by atoms with E-state index < -0.39 is 0 Å². The largest absolute Gasteiger partial charge is 0.250 e. The van der Waals surface area contributed by atoms with Crippen LogP contribution in [0.3, 0.4) is 0 Å². The summed E-state index contributed by atoms with van der Waals surface area (Å²) in [6.45, 7) is 0. The van der Waals surface area contributed by atoms with Crippen LogP contribution in [-0.2, 0) is 0 Å². The first-order valence-electron chi connectivity index (χ1n) is 6.37. The standard InChI is InChI=1S/C15H10Cl2N4S/c16-12-7-6-10(8-13(12)17)9-18-21-14(19-20-15(21)22)11-4-2-1-3-5-11/h1-9H,(H,20,22). The predicted molar refractivity (Wildman–Crippen MR) is 92.3 cm³/mol. The Bertz CT molecular complexity index is 884. The van der Waals surface area contributed by atoms with Gasteiger partial charge >= 0.3 is 0 Å². The summed E-state index contributed by atoms with van der Waals surface area (Å²) >= 11 is 17.1. The molecule has 0 amide bonds. The van der Waals surface area contributed by atoms with Crippen LogP contribution in [0.2, 0.25) is 10.0 Å². The first-order valence-corrected chi connectivity index (χ1v) is 7.54. The third-order valence-electron chi connectivity index (χ3n) is 2.95. The fourth-order valence-corrected chi connectivity index (χ4v) is 2.38. The summed E-state index contributed by atoms with van der Waals surface area (Å²) in [5.74, 6) is 0.641. The minimum atomic E-state index is 0.412. The SMILES string of the molecule is S=c1[nH]nc(-c2ccccc2)n1N=Cc1ccc(Cl)c(Cl)c1. The Morgan fingerprint density at radius 3 is 2.59 bits per heavy atom. The monoisotopic (exact) mass is 348 g/mol. The number of benzene rings is 2. The molecule has 3 aromatic rings. The van der Waals surface area contributed by atoms with Crippen molar-refractivity contribution in [2.45, 2.75) is 0 Å². The summed E-state index contributed by atoms with van der Waals surface area (Å²) in [5.41, 5.74) is 1.73. The first-order chi connectivity index (χ1) is 10.6. The Hall–Kier alpha value is -1.95. The maximum absolute atomic E-state index is 5.99. The number of nitrogens with zero attached hydrogens (tertiary/aromatic N) is 3. The van der Waals surface area contributed by atoms with Crippen molar-refractivity contribution < 1.29 is 0 Å². The van der Waals surface area contributed by atoms with Gasteiger partial charge in [0.25, 0.3) is 0 Å². The topological polar surface area (TPSA) is 46.0 Å². The summed E-state index contributed by atoms with van der Waals surface area (Å²) in [4.78, 5) is 0. The van der Waals surface area contributed by atoms with Crippen molar-refractivity contribution in [3.63, 3.8) is 0 Å². The molecule has 0 bridgehead atoms. The van der Waals surface area contributed by atoms with E-state index in [0.29, 0.717) is 20.6 Å².